The standard InChI is InChI=1S/C11H11FN2O/c12-9-2-7(5-13)1-8(3-9)11-4-10(15)6-14-11/h1-3,10-11,14-15H,4,6H2. The van der Waals surface area contributed by atoms with E-state index in [1.54, 1.807) is 6.07 Å². The van der Waals surface area contributed by atoms with Gasteiger partial charge in [-0.25, -0.2) is 4.39 Å². The lowest BCUT2D eigenvalue weighted by molar-refractivity contribution is 0.193. The average Bonchev–Trinajstić information content (AvgIpc) is 2.64. The second kappa shape index (κ2) is 3.97. The Morgan fingerprint density at radius 2 is 2.27 bits per heavy atom. The topological polar surface area (TPSA) is 56.0 Å². The van der Waals surface area contributed by atoms with Gasteiger partial charge in [0.1, 0.15) is 5.82 Å². The number of halogens is 1. The maximum absolute atomic E-state index is 13.1. The summed E-state index contributed by atoms with van der Waals surface area (Å²) in [5, 5.41) is 21.1. The number of aliphatic hydroxyl groups is 1. The molecule has 0 spiro atoms. The van der Waals surface area contributed by atoms with E-state index >= 15 is 0 Å². The maximum atomic E-state index is 13.1. The smallest absolute Gasteiger partial charge is 0.124 e. The van der Waals surface area contributed by atoms with E-state index in [2.05, 4.69) is 5.32 Å². The van der Waals surface area contributed by atoms with E-state index in [4.69, 9.17) is 5.26 Å². The number of β-amino-alcohol motifs (C(OH)–C–C–N with tert-alkyl or cyclic N) is 1. The van der Waals surface area contributed by atoms with Crippen LogP contribution in [0.3, 0.4) is 0 Å². The number of hydrogen-bond acceptors (Lipinski definition) is 3. The fourth-order valence-corrected chi connectivity index (χ4v) is 1.85. The minimum Gasteiger partial charge on any atom is -0.392 e. The summed E-state index contributed by atoms with van der Waals surface area (Å²) in [5.41, 5.74) is 1.04. The Morgan fingerprint density at radius 3 is 2.87 bits per heavy atom. The molecule has 78 valence electrons. The van der Waals surface area contributed by atoms with Crippen molar-refractivity contribution in [2.75, 3.05) is 6.54 Å². The van der Waals surface area contributed by atoms with Gasteiger partial charge in [0, 0.05) is 12.6 Å². The van der Waals surface area contributed by atoms with Crippen molar-refractivity contribution in [3.8, 4) is 6.07 Å². The van der Waals surface area contributed by atoms with Crippen molar-refractivity contribution in [1.29, 1.82) is 5.26 Å². The summed E-state index contributed by atoms with van der Waals surface area (Å²) < 4.78 is 13.1. The Bertz CT molecular complexity index is 414. The number of nitriles is 1. The van der Waals surface area contributed by atoms with Gasteiger partial charge >= 0.3 is 0 Å². The van der Waals surface area contributed by atoms with Gasteiger partial charge in [0.2, 0.25) is 0 Å². The first-order valence-electron chi connectivity index (χ1n) is 4.81. The van der Waals surface area contributed by atoms with Gasteiger partial charge in [0.15, 0.2) is 0 Å². The van der Waals surface area contributed by atoms with E-state index in [9.17, 15) is 9.50 Å². The molecule has 0 radical (unpaired) electrons. The molecular formula is C11H11FN2O. The van der Waals surface area contributed by atoms with Crippen molar-refractivity contribution in [2.24, 2.45) is 0 Å². The molecule has 2 unspecified atom stereocenters. The number of aliphatic hydroxyl groups excluding tert-OH is 1. The molecule has 2 N–H and O–H groups in total. The van der Waals surface area contributed by atoms with Crippen molar-refractivity contribution in [3.05, 3.63) is 35.1 Å². The molecule has 0 amide bonds. The molecule has 2 atom stereocenters. The van der Waals surface area contributed by atoms with Crippen LogP contribution in [0.25, 0.3) is 0 Å². The SMILES string of the molecule is N#Cc1cc(F)cc(C2CC(O)CN2)c1. The van der Waals surface area contributed by atoms with Crippen LogP contribution in [-0.2, 0) is 0 Å². The molecule has 1 aliphatic rings. The normalized spacial score (nSPS) is 25.1. The summed E-state index contributed by atoms with van der Waals surface area (Å²) in [6.07, 6.45) is 0.178. The summed E-state index contributed by atoms with van der Waals surface area (Å²) in [5.74, 6) is -0.410. The molecule has 0 aromatic heterocycles. The number of hydrogen-bond donors (Lipinski definition) is 2. The molecule has 1 aromatic carbocycles. The Balaban J connectivity index is 2.29. The predicted octanol–water partition coefficient (Wildman–Crippen LogP) is 1.09. The zero-order valence-corrected chi connectivity index (χ0v) is 8.07. The van der Waals surface area contributed by atoms with Gasteiger partial charge in [-0.1, -0.05) is 0 Å². The van der Waals surface area contributed by atoms with Crippen LogP contribution < -0.4 is 5.32 Å². The Morgan fingerprint density at radius 1 is 1.47 bits per heavy atom. The molecule has 1 aliphatic heterocycles. The average molecular weight is 206 g/mol. The number of nitrogens with zero attached hydrogens (tertiary/aromatic N) is 1. The second-order valence-electron chi connectivity index (χ2n) is 3.74. The van der Waals surface area contributed by atoms with Crippen LogP contribution in [0.15, 0.2) is 18.2 Å². The molecule has 4 heteroatoms. The van der Waals surface area contributed by atoms with Crippen molar-refractivity contribution < 1.29 is 9.50 Å². The molecule has 1 saturated heterocycles. The third-order valence-corrected chi connectivity index (χ3v) is 2.56. The van der Waals surface area contributed by atoms with Crippen LogP contribution in [0.5, 0.6) is 0 Å². The highest BCUT2D eigenvalue weighted by molar-refractivity contribution is 5.35. The lowest BCUT2D eigenvalue weighted by atomic mass is 10.0. The minimum atomic E-state index is -0.410. The van der Waals surface area contributed by atoms with Crippen LogP contribution in [0, 0.1) is 17.1 Å². The van der Waals surface area contributed by atoms with E-state index in [-0.39, 0.29) is 12.1 Å². The zero-order chi connectivity index (χ0) is 10.8. The highest BCUT2D eigenvalue weighted by atomic mass is 19.1. The van der Waals surface area contributed by atoms with Gasteiger partial charge in [-0.15, -0.1) is 0 Å². The molecular weight excluding hydrogens is 195 g/mol. The fraction of sp³-hybridized carbons (Fsp3) is 0.364. The molecule has 1 fully saturated rings. The van der Waals surface area contributed by atoms with Gasteiger partial charge in [0.05, 0.1) is 17.7 Å². The maximum Gasteiger partial charge on any atom is 0.124 e. The third kappa shape index (κ3) is 2.14. The zero-order valence-electron chi connectivity index (χ0n) is 8.07. The molecule has 3 nitrogen and oxygen atoms in total. The van der Waals surface area contributed by atoms with E-state index in [1.165, 1.54) is 12.1 Å². The van der Waals surface area contributed by atoms with Gasteiger partial charge in [0.25, 0.3) is 0 Å². The van der Waals surface area contributed by atoms with Crippen molar-refractivity contribution in [2.45, 2.75) is 18.6 Å². The van der Waals surface area contributed by atoms with Crippen LogP contribution in [0.2, 0.25) is 0 Å². The molecule has 2 rings (SSSR count). The highest BCUT2D eigenvalue weighted by Crippen LogP contribution is 2.24. The molecule has 0 bridgehead atoms. The molecule has 15 heavy (non-hydrogen) atoms. The summed E-state index contributed by atoms with van der Waals surface area (Å²) in [6, 6.07) is 6.11. The number of benzene rings is 1. The Kier molecular flexibility index (Phi) is 2.67. The summed E-state index contributed by atoms with van der Waals surface area (Å²) in [7, 11) is 0. The molecule has 0 saturated carbocycles. The predicted molar refractivity (Wildman–Crippen MR) is 52.5 cm³/mol. The third-order valence-electron chi connectivity index (χ3n) is 2.56. The molecule has 0 aliphatic carbocycles. The van der Waals surface area contributed by atoms with Crippen LogP contribution in [-0.4, -0.2) is 17.8 Å². The Labute approximate surface area is 87.2 Å². The van der Waals surface area contributed by atoms with E-state index in [0.29, 0.717) is 18.5 Å². The van der Waals surface area contributed by atoms with Crippen molar-refractivity contribution in [3.63, 3.8) is 0 Å². The summed E-state index contributed by atoms with van der Waals surface area (Å²) >= 11 is 0. The van der Waals surface area contributed by atoms with Gasteiger partial charge in [-0.3, -0.25) is 0 Å². The van der Waals surface area contributed by atoms with Crippen LogP contribution >= 0.6 is 0 Å². The summed E-state index contributed by atoms with van der Waals surface area (Å²) in [6.45, 7) is 0.517. The summed E-state index contributed by atoms with van der Waals surface area (Å²) in [4.78, 5) is 0. The lowest BCUT2D eigenvalue weighted by Gasteiger charge is -2.10. The molecule has 1 heterocycles. The fourth-order valence-electron chi connectivity index (χ4n) is 1.85. The number of rotatable bonds is 1. The van der Waals surface area contributed by atoms with E-state index < -0.39 is 5.82 Å². The van der Waals surface area contributed by atoms with Crippen LogP contribution in [0.4, 0.5) is 4.39 Å². The first-order valence-corrected chi connectivity index (χ1v) is 4.81. The Hall–Kier alpha value is -1.44. The quantitative estimate of drug-likeness (QED) is 0.723. The van der Waals surface area contributed by atoms with Crippen molar-refractivity contribution >= 4 is 0 Å². The largest absolute Gasteiger partial charge is 0.392 e. The van der Waals surface area contributed by atoms with Gasteiger partial charge < -0.3 is 10.4 Å². The van der Waals surface area contributed by atoms with Crippen LogP contribution in [0.1, 0.15) is 23.6 Å². The van der Waals surface area contributed by atoms with E-state index in [1.807, 2.05) is 6.07 Å². The first kappa shape index (κ1) is 10.1. The van der Waals surface area contributed by atoms with Gasteiger partial charge in [-0.05, 0) is 30.2 Å². The lowest BCUT2D eigenvalue weighted by Crippen LogP contribution is -2.15. The highest BCUT2D eigenvalue weighted by Gasteiger charge is 2.23. The first-order chi connectivity index (χ1) is 7.19. The second-order valence-corrected chi connectivity index (χ2v) is 3.74. The van der Waals surface area contributed by atoms with Gasteiger partial charge in [-0.2, -0.15) is 5.26 Å². The number of nitrogens with one attached hydrogen (secondary N) is 1. The van der Waals surface area contributed by atoms with Crippen molar-refractivity contribution in [1.82, 2.24) is 5.32 Å². The minimum absolute atomic E-state index is 0.0530. The monoisotopic (exact) mass is 206 g/mol. The molecule has 1 aromatic rings. The van der Waals surface area contributed by atoms with E-state index in [0.717, 1.165) is 5.56 Å².